The third kappa shape index (κ3) is 2.77. The number of nitrogens with two attached hydrogens (primary N) is 2. The van der Waals surface area contributed by atoms with E-state index >= 15 is 0 Å². The molecule has 0 saturated carbocycles. The van der Waals surface area contributed by atoms with Crippen molar-refractivity contribution in [2.45, 2.75) is 5.92 Å². The van der Waals surface area contributed by atoms with Crippen LogP contribution in [0.5, 0.6) is 0 Å². The lowest BCUT2D eigenvalue weighted by molar-refractivity contribution is 0.705. The molecule has 0 unspecified atom stereocenters. The molecule has 0 aliphatic carbocycles. The van der Waals surface area contributed by atoms with E-state index in [9.17, 15) is 0 Å². The molecule has 0 amide bonds. The van der Waals surface area contributed by atoms with Crippen LogP contribution in [0.1, 0.15) is 11.5 Å². The monoisotopic (exact) mass is 306 g/mol. The first-order valence-corrected chi connectivity index (χ1v) is 5.62. The summed E-state index contributed by atoms with van der Waals surface area (Å²) in [6, 6.07) is 6.03. The molecule has 0 spiro atoms. The Balaban J connectivity index is 3.03. The molecule has 1 rings (SSSR count). The maximum atomic E-state index is 5.62. The number of halogens is 2. The second-order valence-corrected chi connectivity index (χ2v) is 4.60. The summed E-state index contributed by atoms with van der Waals surface area (Å²) in [6.07, 6.45) is 0. The van der Waals surface area contributed by atoms with Crippen LogP contribution in [0.2, 0.25) is 0 Å². The Bertz CT molecular complexity index is 285. The fourth-order valence-electron chi connectivity index (χ4n) is 1.18. The maximum Gasteiger partial charge on any atom is 0.0211 e. The molecule has 4 N–H and O–H groups in total. The van der Waals surface area contributed by atoms with Crippen LogP contribution in [0.15, 0.2) is 27.1 Å². The Labute approximate surface area is 94.9 Å². The average Bonchev–Trinajstić information content (AvgIpc) is 2.13. The highest BCUT2D eigenvalue weighted by atomic mass is 79.9. The molecule has 2 nitrogen and oxygen atoms in total. The molecule has 4 heteroatoms. The van der Waals surface area contributed by atoms with E-state index in [1.807, 2.05) is 12.1 Å². The van der Waals surface area contributed by atoms with Crippen molar-refractivity contribution in [3.63, 3.8) is 0 Å². The summed E-state index contributed by atoms with van der Waals surface area (Å²) >= 11 is 6.90. The van der Waals surface area contributed by atoms with Gasteiger partial charge in [0.1, 0.15) is 0 Å². The summed E-state index contributed by atoms with van der Waals surface area (Å²) in [5, 5.41) is 0. The van der Waals surface area contributed by atoms with Gasteiger partial charge in [0.2, 0.25) is 0 Å². The smallest absolute Gasteiger partial charge is 0.0211 e. The van der Waals surface area contributed by atoms with E-state index in [1.54, 1.807) is 0 Å². The predicted molar refractivity (Wildman–Crippen MR) is 62.7 cm³/mol. The van der Waals surface area contributed by atoms with Gasteiger partial charge in [-0.1, -0.05) is 31.9 Å². The number of benzene rings is 1. The summed E-state index contributed by atoms with van der Waals surface area (Å²) in [5.74, 6) is 0.229. The Morgan fingerprint density at radius 1 is 1.15 bits per heavy atom. The fraction of sp³-hybridized carbons (Fsp3) is 0.333. The van der Waals surface area contributed by atoms with Gasteiger partial charge in [-0.2, -0.15) is 0 Å². The van der Waals surface area contributed by atoms with E-state index in [2.05, 4.69) is 37.9 Å². The molecule has 1 aromatic carbocycles. The minimum Gasteiger partial charge on any atom is -0.330 e. The Kier molecular flexibility index (Phi) is 4.38. The molecule has 1 aromatic rings. The van der Waals surface area contributed by atoms with E-state index in [1.165, 1.54) is 5.56 Å². The van der Waals surface area contributed by atoms with Crippen molar-refractivity contribution in [3.05, 3.63) is 32.7 Å². The molecule has 0 saturated heterocycles. The van der Waals surface area contributed by atoms with Gasteiger partial charge in [-0.15, -0.1) is 0 Å². The zero-order chi connectivity index (χ0) is 9.84. The van der Waals surface area contributed by atoms with Crippen LogP contribution >= 0.6 is 31.9 Å². The van der Waals surface area contributed by atoms with E-state index in [0.29, 0.717) is 13.1 Å². The van der Waals surface area contributed by atoms with Crippen molar-refractivity contribution in [1.82, 2.24) is 0 Å². The molecule has 72 valence electrons. The van der Waals surface area contributed by atoms with Crippen molar-refractivity contribution in [3.8, 4) is 0 Å². The molecular weight excluding hydrogens is 296 g/mol. The van der Waals surface area contributed by atoms with Gasteiger partial charge < -0.3 is 11.5 Å². The fourth-order valence-corrected chi connectivity index (χ4v) is 2.13. The van der Waals surface area contributed by atoms with Crippen LogP contribution in [0.4, 0.5) is 0 Å². The van der Waals surface area contributed by atoms with Crippen molar-refractivity contribution in [2.75, 3.05) is 13.1 Å². The first-order chi connectivity index (χ1) is 6.19. The van der Waals surface area contributed by atoms with Gasteiger partial charge in [-0.3, -0.25) is 0 Å². The average molecular weight is 308 g/mol. The van der Waals surface area contributed by atoms with Crippen molar-refractivity contribution in [1.29, 1.82) is 0 Å². The lowest BCUT2D eigenvalue weighted by atomic mass is 10.00. The maximum absolute atomic E-state index is 5.62. The Morgan fingerprint density at radius 2 is 1.77 bits per heavy atom. The SMILES string of the molecule is NCC(CN)c1cc(Br)ccc1Br. The second kappa shape index (κ2) is 5.10. The number of hydrogen-bond acceptors (Lipinski definition) is 2. The third-order valence-corrected chi connectivity index (χ3v) is 3.18. The molecular formula is C9H12Br2N2. The van der Waals surface area contributed by atoms with Crippen LogP contribution < -0.4 is 11.5 Å². The van der Waals surface area contributed by atoms with Gasteiger partial charge in [-0.05, 0) is 23.8 Å². The molecule has 13 heavy (non-hydrogen) atoms. The second-order valence-electron chi connectivity index (χ2n) is 2.83. The number of hydrogen-bond donors (Lipinski definition) is 2. The normalized spacial score (nSPS) is 10.8. The molecule has 0 fully saturated rings. The van der Waals surface area contributed by atoms with Crippen LogP contribution in [-0.4, -0.2) is 13.1 Å². The van der Waals surface area contributed by atoms with Crippen LogP contribution in [0, 0.1) is 0 Å². The molecule has 0 bridgehead atoms. The largest absolute Gasteiger partial charge is 0.330 e. The highest BCUT2D eigenvalue weighted by Gasteiger charge is 2.11. The molecule has 0 aliphatic rings. The highest BCUT2D eigenvalue weighted by Crippen LogP contribution is 2.27. The molecule has 0 radical (unpaired) electrons. The van der Waals surface area contributed by atoms with Crippen molar-refractivity contribution < 1.29 is 0 Å². The summed E-state index contributed by atoms with van der Waals surface area (Å²) in [5.41, 5.74) is 12.4. The lowest BCUT2D eigenvalue weighted by Crippen LogP contribution is -2.21. The van der Waals surface area contributed by atoms with Gasteiger partial charge in [0.25, 0.3) is 0 Å². The topological polar surface area (TPSA) is 52.0 Å². The minimum absolute atomic E-state index is 0.229. The van der Waals surface area contributed by atoms with Crippen molar-refractivity contribution in [2.24, 2.45) is 11.5 Å². The van der Waals surface area contributed by atoms with Crippen molar-refractivity contribution >= 4 is 31.9 Å². The molecule has 0 heterocycles. The highest BCUT2D eigenvalue weighted by molar-refractivity contribution is 9.11. The molecule has 0 aliphatic heterocycles. The minimum atomic E-state index is 0.229. The summed E-state index contributed by atoms with van der Waals surface area (Å²) in [4.78, 5) is 0. The zero-order valence-corrected chi connectivity index (χ0v) is 10.3. The standard InChI is InChI=1S/C9H12Br2N2/c10-7-1-2-9(11)8(3-7)6(4-12)5-13/h1-3,6H,4-5,12-13H2. The number of rotatable bonds is 3. The molecule has 0 atom stereocenters. The Hall–Kier alpha value is 0.1000. The molecule has 0 aromatic heterocycles. The van der Waals surface area contributed by atoms with E-state index in [-0.39, 0.29) is 5.92 Å². The predicted octanol–water partition coefficient (Wildman–Crippen LogP) is 2.21. The van der Waals surface area contributed by atoms with Crippen LogP contribution in [0.25, 0.3) is 0 Å². The van der Waals surface area contributed by atoms with Crippen LogP contribution in [-0.2, 0) is 0 Å². The van der Waals surface area contributed by atoms with E-state index in [0.717, 1.165) is 8.95 Å². The van der Waals surface area contributed by atoms with E-state index in [4.69, 9.17) is 11.5 Å². The van der Waals surface area contributed by atoms with E-state index < -0.39 is 0 Å². The first kappa shape index (κ1) is 11.2. The summed E-state index contributed by atoms with van der Waals surface area (Å²) in [6.45, 7) is 1.15. The summed E-state index contributed by atoms with van der Waals surface area (Å²) < 4.78 is 2.12. The van der Waals surface area contributed by atoms with Gasteiger partial charge >= 0.3 is 0 Å². The Morgan fingerprint density at radius 3 is 2.31 bits per heavy atom. The first-order valence-electron chi connectivity index (χ1n) is 4.04. The van der Waals surface area contributed by atoms with Crippen LogP contribution in [0.3, 0.4) is 0 Å². The van der Waals surface area contributed by atoms with Gasteiger partial charge in [0.15, 0.2) is 0 Å². The third-order valence-electron chi connectivity index (χ3n) is 1.97. The van der Waals surface area contributed by atoms with Gasteiger partial charge in [0, 0.05) is 28.0 Å². The summed E-state index contributed by atoms with van der Waals surface area (Å²) in [7, 11) is 0. The lowest BCUT2D eigenvalue weighted by Gasteiger charge is -2.14. The zero-order valence-electron chi connectivity index (χ0n) is 7.13. The van der Waals surface area contributed by atoms with Gasteiger partial charge in [-0.25, -0.2) is 0 Å². The van der Waals surface area contributed by atoms with Gasteiger partial charge in [0.05, 0.1) is 0 Å². The quantitative estimate of drug-likeness (QED) is 0.899.